The number of sulfonamides is 1. The van der Waals surface area contributed by atoms with E-state index in [4.69, 9.17) is 4.74 Å². The molecule has 37 heavy (non-hydrogen) atoms. The number of hydrogen-bond donors (Lipinski definition) is 2. The quantitative estimate of drug-likeness (QED) is 0.360. The van der Waals surface area contributed by atoms with Gasteiger partial charge in [-0.3, -0.25) is 4.90 Å². The van der Waals surface area contributed by atoms with Gasteiger partial charge < -0.3 is 15.0 Å². The van der Waals surface area contributed by atoms with Gasteiger partial charge in [0.05, 0.1) is 29.6 Å². The lowest BCUT2D eigenvalue weighted by Gasteiger charge is -2.34. The zero-order valence-electron chi connectivity index (χ0n) is 20.5. The van der Waals surface area contributed by atoms with E-state index in [9.17, 15) is 8.42 Å². The second-order valence-electron chi connectivity index (χ2n) is 9.35. The summed E-state index contributed by atoms with van der Waals surface area (Å²) < 4.78 is 32.0. The summed E-state index contributed by atoms with van der Waals surface area (Å²) in [5.41, 5.74) is 4.38. The average Bonchev–Trinajstić information content (AvgIpc) is 3.70. The predicted molar refractivity (Wildman–Crippen MR) is 140 cm³/mol. The predicted octanol–water partition coefficient (Wildman–Crippen LogP) is 2.78. The molecule has 0 amide bonds. The van der Waals surface area contributed by atoms with Crippen LogP contribution in [0.2, 0.25) is 0 Å². The Morgan fingerprint density at radius 1 is 1.11 bits per heavy atom. The lowest BCUT2D eigenvalue weighted by atomic mass is 10.1. The van der Waals surface area contributed by atoms with E-state index in [0.717, 1.165) is 54.6 Å². The number of nitrogens with zero attached hydrogens (tertiary/aromatic N) is 6. The maximum atomic E-state index is 12.5. The van der Waals surface area contributed by atoms with Gasteiger partial charge in [0.1, 0.15) is 17.8 Å². The molecule has 192 valence electrons. The highest BCUT2D eigenvalue weighted by molar-refractivity contribution is 7.90. The molecular weight excluding hydrogens is 492 g/mol. The van der Waals surface area contributed by atoms with Gasteiger partial charge in [0.15, 0.2) is 5.75 Å². The molecule has 2 N–H and O–H groups in total. The number of aromatic amines is 1. The van der Waals surface area contributed by atoms with Crippen molar-refractivity contribution in [1.29, 1.82) is 0 Å². The minimum Gasteiger partial charge on any atom is -0.493 e. The molecule has 2 aliphatic rings. The van der Waals surface area contributed by atoms with Gasteiger partial charge in [-0.15, -0.1) is 0 Å². The third-order valence-electron chi connectivity index (χ3n) is 6.77. The molecule has 0 atom stereocenters. The molecule has 1 saturated carbocycles. The summed E-state index contributed by atoms with van der Waals surface area (Å²) in [6.07, 6.45) is 6.52. The normalized spacial score (nSPS) is 17.2. The summed E-state index contributed by atoms with van der Waals surface area (Å²) in [5.74, 6) is 1.88. The van der Waals surface area contributed by atoms with Crippen LogP contribution in [0.25, 0.3) is 22.3 Å². The Labute approximate surface area is 215 Å². The Morgan fingerprint density at radius 2 is 1.95 bits per heavy atom. The standard InChI is InChI=1S/C25H28N8O3S/c1-36-22-14-26-16-28-24(22)18-2-5-20-21(13-18)30-25(29-20)31-23-12-17(6-7-27-23)15-32-8-10-33(11-9-32)37(34,35)19-3-4-19/h2,5-7,12-14,16,19H,3-4,8-11,15H2,1H3,(H2,27,29,30,31). The number of benzene rings is 1. The van der Waals surface area contributed by atoms with Gasteiger partial charge in [-0.25, -0.2) is 28.4 Å². The molecule has 1 aliphatic carbocycles. The van der Waals surface area contributed by atoms with Gasteiger partial charge in [-0.2, -0.15) is 4.31 Å². The van der Waals surface area contributed by atoms with Gasteiger partial charge in [0.25, 0.3) is 0 Å². The van der Waals surface area contributed by atoms with E-state index in [2.05, 4.69) is 35.1 Å². The largest absolute Gasteiger partial charge is 0.493 e. The second-order valence-corrected chi connectivity index (χ2v) is 11.6. The Balaban J connectivity index is 1.12. The zero-order chi connectivity index (χ0) is 25.4. The fourth-order valence-corrected chi connectivity index (χ4v) is 6.46. The highest BCUT2D eigenvalue weighted by Gasteiger charge is 2.40. The van der Waals surface area contributed by atoms with E-state index < -0.39 is 10.0 Å². The number of nitrogens with one attached hydrogen (secondary N) is 2. The van der Waals surface area contributed by atoms with Crippen LogP contribution in [0.1, 0.15) is 18.4 Å². The molecule has 0 spiro atoms. The molecule has 1 aromatic carbocycles. The Kier molecular flexibility index (Phi) is 6.22. The van der Waals surface area contributed by atoms with Crippen molar-refractivity contribution in [3.63, 3.8) is 0 Å². The van der Waals surface area contributed by atoms with E-state index >= 15 is 0 Å². The van der Waals surface area contributed by atoms with Crippen molar-refractivity contribution in [2.75, 3.05) is 38.6 Å². The molecule has 6 rings (SSSR count). The molecule has 4 heterocycles. The van der Waals surface area contributed by atoms with Gasteiger partial charge >= 0.3 is 0 Å². The number of aromatic nitrogens is 5. The van der Waals surface area contributed by atoms with Crippen LogP contribution in [0.4, 0.5) is 11.8 Å². The summed E-state index contributed by atoms with van der Waals surface area (Å²) in [4.78, 5) is 23.0. The van der Waals surface area contributed by atoms with Gasteiger partial charge in [-0.05, 0) is 42.7 Å². The summed E-state index contributed by atoms with van der Waals surface area (Å²) in [5, 5.41) is 3.12. The monoisotopic (exact) mass is 520 g/mol. The summed E-state index contributed by atoms with van der Waals surface area (Å²) >= 11 is 0. The number of pyridine rings is 1. The number of H-pyrrole nitrogens is 1. The molecule has 1 saturated heterocycles. The van der Waals surface area contributed by atoms with Crippen molar-refractivity contribution in [3.05, 3.63) is 54.6 Å². The third-order valence-corrected chi connectivity index (χ3v) is 9.17. The molecule has 3 aromatic heterocycles. The first-order chi connectivity index (χ1) is 18.0. The molecule has 1 aliphatic heterocycles. The maximum absolute atomic E-state index is 12.5. The highest BCUT2D eigenvalue weighted by atomic mass is 32.2. The lowest BCUT2D eigenvalue weighted by molar-refractivity contribution is 0.181. The van der Waals surface area contributed by atoms with Crippen LogP contribution < -0.4 is 10.1 Å². The second kappa shape index (κ2) is 9.69. The number of fused-ring (bicyclic) bond motifs is 1. The summed E-state index contributed by atoms with van der Waals surface area (Å²) in [6, 6.07) is 9.84. The average molecular weight is 521 g/mol. The zero-order valence-corrected chi connectivity index (χ0v) is 21.3. The van der Waals surface area contributed by atoms with E-state index in [1.807, 2.05) is 30.3 Å². The fraction of sp³-hybridized carbons (Fsp3) is 0.360. The smallest absolute Gasteiger partial charge is 0.217 e. The van der Waals surface area contributed by atoms with Crippen molar-refractivity contribution in [2.45, 2.75) is 24.6 Å². The number of rotatable bonds is 8. The SMILES string of the molecule is COc1cncnc1-c1ccc2nc(Nc3cc(CN4CCN(S(=O)(=O)C5CC5)CC4)ccn3)[nH]c2c1. The van der Waals surface area contributed by atoms with E-state index in [1.54, 1.807) is 23.8 Å². The lowest BCUT2D eigenvalue weighted by Crippen LogP contribution is -2.49. The molecule has 0 bridgehead atoms. The van der Waals surface area contributed by atoms with E-state index in [-0.39, 0.29) is 5.25 Å². The van der Waals surface area contributed by atoms with E-state index in [1.165, 1.54) is 6.33 Å². The molecule has 0 radical (unpaired) electrons. The topological polar surface area (TPSA) is 129 Å². The van der Waals surface area contributed by atoms with Crippen LogP contribution in [-0.2, 0) is 16.6 Å². The van der Waals surface area contributed by atoms with Crippen molar-refractivity contribution in [2.24, 2.45) is 0 Å². The van der Waals surface area contributed by atoms with Crippen LogP contribution in [0, 0.1) is 0 Å². The summed E-state index contributed by atoms with van der Waals surface area (Å²) in [7, 11) is -1.50. The molecule has 2 fully saturated rings. The molecule has 12 heteroatoms. The maximum Gasteiger partial charge on any atom is 0.217 e. The Hall–Kier alpha value is -3.61. The van der Waals surface area contributed by atoms with E-state index in [0.29, 0.717) is 36.3 Å². The van der Waals surface area contributed by atoms with Crippen molar-refractivity contribution >= 4 is 32.8 Å². The minimum atomic E-state index is -3.10. The van der Waals surface area contributed by atoms with Crippen LogP contribution in [0.5, 0.6) is 5.75 Å². The number of piperazine rings is 1. The molecule has 4 aromatic rings. The first-order valence-corrected chi connectivity index (χ1v) is 13.8. The van der Waals surface area contributed by atoms with Crippen LogP contribution in [0.3, 0.4) is 0 Å². The van der Waals surface area contributed by atoms with Crippen molar-refractivity contribution in [3.8, 4) is 17.0 Å². The van der Waals surface area contributed by atoms with Crippen LogP contribution in [-0.4, -0.2) is 81.1 Å². The van der Waals surface area contributed by atoms with Gasteiger partial charge in [0.2, 0.25) is 16.0 Å². The number of imidazole rings is 1. The number of methoxy groups -OCH3 is 1. The molecule has 11 nitrogen and oxygen atoms in total. The number of hydrogen-bond acceptors (Lipinski definition) is 9. The number of anilines is 2. The minimum absolute atomic E-state index is 0.146. The molecular formula is C25H28N8O3S. The van der Waals surface area contributed by atoms with Crippen LogP contribution >= 0.6 is 0 Å². The number of ether oxygens (including phenoxy) is 1. The molecule has 0 unspecified atom stereocenters. The highest BCUT2D eigenvalue weighted by Crippen LogP contribution is 2.32. The van der Waals surface area contributed by atoms with Crippen molar-refractivity contribution in [1.82, 2.24) is 34.1 Å². The third kappa shape index (κ3) is 4.99. The van der Waals surface area contributed by atoms with Crippen molar-refractivity contribution < 1.29 is 13.2 Å². The van der Waals surface area contributed by atoms with Gasteiger partial charge in [0, 0.05) is 44.5 Å². The Bertz CT molecular complexity index is 1530. The fourth-order valence-electron chi connectivity index (χ4n) is 4.64. The Morgan fingerprint density at radius 3 is 2.73 bits per heavy atom. The first kappa shape index (κ1) is 23.8. The van der Waals surface area contributed by atoms with Crippen LogP contribution in [0.15, 0.2) is 49.1 Å². The van der Waals surface area contributed by atoms with Gasteiger partial charge in [-0.1, -0.05) is 6.07 Å². The summed E-state index contributed by atoms with van der Waals surface area (Å²) in [6.45, 7) is 3.28. The first-order valence-electron chi connectivity index (χ1n) is 12.3.